The van der Waals surface area contributed by atoms with Crippen LogP contribution in [-0.4, -0.2) is 47.0 Å². The van der Waals surface area contributed by atoms with Crippen LogP contribution in [0.2, 0.25) is 0 Å². The first-order valence-corrected chi connectivity index (χ1v) is 9.65. The van der Waals surface area contributed by atoms with Gasteiger partial charge in [-0.15, -0.1) is 0 Å². The van der Waals surface area contributed by atoms with E-state index >= 15 is 0 Å². The highest BCUT2D eigenvalue weighted by Crippen LogP contribution is 2.24. The highest BCUT2D eigenvalue weighted by molar-refractivity contribution is 6.07. The van der Waals surface area contributed by atoms with Crippen LogP contribution in [0.3, 0.4) is 0 Å². The van der Waals surface area contributed by atoms with Gasteiger partial charge in [0.2, 0.25) is 0 Å². The first-order valence-electron chi connectivity index (χ1n) is 9.65. The second-order valence-electron chi connectivity index (χ2n) is 7.37. The SMILES string of the molecule is Cc1noc(C)c1CN1CCCN(C(=O)c2ccc(F)c3ccccc23)CC1. The van der Waals surface area contributed by atoms with Crippen LogP contribution in [0.25, 0.3) is 10.8 Å². The summed E-state index contributed by atoms with van der Waals surface area (Å²) in [5.74, 6) is 0.525. The standard InChI is InChI=1S/C22H24FN3O2/c1-15-20(16(2)28-24-15)14-25-10-5-11-26(13-12-25)22(27)19-8-9-21(23)18-7-4-3-6-17(18)19/h3-4,6-9H,5,10-14H2,1-2H3. The molecule has 6 heteroatoms. The lowest BCUT2D eigenvalue weighted by Crippen LogP contribution is -2.35. The van der Waals surface area contributed by atoms with E-state index in [2.05, 4.69) is 10.1 Å². The highest BCUT2D eigenvalue weighted by atomic mass is 19.1. The average molecular weight is 381 g/mol. The van der Waals surface area contributed by atoms with Crippen LogP contribution in [0.5, 0.6) is 0 Å². The average Bonchev–Trinajstić information content (AvgIpc) is 2.89. The van der Waals surface area contributed by atoms with Gasteiger partial charge in [0.05, 0.1) is 5.69 Å². The van der Waals surface area contributed by atoms with E-state index in [4.69, 9.17) is 4.52 Å². The molecule has 0 aliphatic carbocycles. The minimum absolute atomic E-state index is 0.0320. The van der Waals surface area contributed by atoms with Crippen molar-refractivity contribution >= 4 is 16.7 Å². The molecule has 2 aromatic carbocycles. The normalized spacial score (nSPS) is 15.8. The molecule has 3 aromatic rings. The maximum Gasteiger partial charge on any atom is 0.254 e. The van der Waals surface area contributed by atoms with E-state index in [9.17, 15) is 9.18 Å². The van der Waals surface area contributed by atoms with E-state index in [1.54, 1.807) is 18.2 Å². The van der Waals surface area contributed by atoms with Gasteiger partial charge in [-0.05, 0) is 37.8 Å². The number of rotatable bonds is 3. The fraction of sp³-hybridized carbons (Fsp3) is 0.364. The molecule has 1 aliphatic heterocycles. The van der Waals surface area contributed by atoms with Gasteiger partial charge in [-0.2, -0.15) is 0 Å². The van der Waals surface area contributed by atoms with Crippen LogP contribution in [-0.2, 0) is 6.54 Å². The zero-order chi connectivity index (χ0) is 19.7. The van der Waals surface area contributed by atoms with Crippen LogP contribution < -0.4 is 0 Å². The van der Waals surface area contributed by atoms with Gasteiger partial charge in [0.1, 0.15) is 11.6 Å². The summed E-state index contributed by atoms with van der Waals surface area (Å²) in [5.41, 5.74) is 2.62. The molecule has 0 bridgehead atoms. The summed E-state index contributed by atoms with van der Waals surface area (Å²) < 4.78 is 19.4. The molecule has 1 amide bonds. The van der Waals surface area contributed by atoms with E-state index in [1.165, 1.54) is 6.07 Å². The first-order chi connectivity index (χ1) is 13.5. The molecule has 0 spiro atoms. The molecule has 1 aliphatic rings. The Hall–Kier alpha value is -2.73. The van der Waals surface area contributed by atoms with Gasteiger partial charge in [-0.3, -0.25) is 9.69 Å². The number of aromatic nitrogens is 1. The topological polar surface area (TPSA) is 49.6 Å². The van der Waals surface area contributed by atoms with Gasteiger partial charge in [0.15, 0.2) is 0 Å². The van der Waals surface area contributed by atoms with Crippen LogP contribution in [0.1, 0.15) is 33.8 Å². The Bertz CT molecular complexity index is 995. The zero-order valence-corrected chi connectivity index (χ0v) is 16.2. The third-order valence-electron chi connectivity index (χ3n) is 5.54. The molecule has 0 saturated carbocycles. The van der Waals surface area contributed by atoms with E-state index in [0.717, 1.165) is 43.1 Å². The highest BCUT2D eigenvalue weighted by Gasteiger charge is 2.23. The number of amides is 1. The molecule has 1 fully saturated rings. The molecule has 4 rings (SSSR count). The number of aryl methyl sites for hydroxylation is 2. The predicted molar refractivity (Wildman–Crippen MR) is 106 cm³/mol. The Labute approximate surface area is 163 Å². The number of carbonyl (C=O) groups excluding carboxylic acids is 1. The molecule has 146 valence electrons. The van der Waals surface area contributed by atoms with Gasteiger partial charge < -0.3 is 9.42 Å². The molecule has 0 radical (unpaired) electrons. The minimum Gasteiger partial charge on any atom is -0.361 e. The molecule has 0 N–H and O–H groups in total. The molecule has 28 heavy (non-hydrogen) atoms. The summed E-state index contributed by atoms with van der Waals surface area (Å²) in [6, 6.07) is 10.1. The molecule has 2 heterocycles. The van der Waals surface area contributed by atoms with Crippen molar-refractivity contribution in [1.82, 2.24) is 15.0 Å². The number of carbonyl (C=O) groups is 1. The Morgan fingerprint density at radius 1 is 1.07 bits per heavy atom. The molecule has 0 atom stereocenters. The minimum atomic E-state index is -0.298. The van der Waals surface area contributed by atoms with Crippen molar-refractivity contribution < 1.29 is 13.7 Å². The predicted octanol–water partition coefficient (Wildman–Crippen LogP) is 3.93. The van der Waals surface area contributed by atoms with Gasteiger partial charge >= 0.3 is 0 Å². The van der Waals surface area contributed by atoms with Gasteiger partial charge in [-0.1, -0.05) is 29.4 Å². The number of fused-ring (bicyclic) bond motifs is 1. The van der Waals surface area contributed by atoms with Crippen molar-refractivity contribution in [2.45, 2.75) is 26.8 Å². The molecular formula is C22H24FN3O2. The van der Waals surface area contributed by atoms with Crippen molar-refractivity contribution in [2.75, 3.05) is 26.2 Å². The van der Waals surface area contributed by atoms with Gasteiger partial charge in [-0.25, -0.2) is 4.39 Å². The maximum atomic E-state index is 14.1. The monoisotopic (exact) mass is 381 g/mol. The molecule has 0 unspecified atom stereocenters. The molecule has 1 aromatic heterocycles. The maximum absolute atomic E-state index is 14.1. The molecule has 1 saturated heterocycles. The van der Waals surface area contributed by atoms with Crippen molar-refractivity contribution in [3.8, 4) is 0 Å². The van der Waals surface area contributed by atoms with Crippen molar-refractivity contribution in [1.29, 1.82) is 0 Å². The van der Waals surface area contributed by atoms with Crippen LogP contribution in [0, 0.1) is 19.7 Å². The first kappa shape index (κ1) is 18.6. The lowest BCUT2D eigenvalue weighted by atomic mass is 10.0. The van der Waals surface area contributed by atoms with E-state index < -0.39 is 0 Å². The number of hydrogen-bond donors (Lipinski definition) is 0. The molecule has 5 nitrogen and oxygen atoms in total. The summed E-state index contributed by atoms with van der Waals surface area (Å²) in [6.45, 7) is 7.72. The second kappa shape index (κ2) is 7.72. The summed E-state index contributed by atoms with van der Waals surface area (Å²) in [5, 5.41) is 5.19. The smallest absolute Gasteiger partial charge is 0.254 e. The van der Waals surface area contributed by atoms with Crippen molar-refractivity contribution in [3.63, 3.8) is 0 Å². The Kier molecular flexibility index (Phi) is 5.13. The summed E-state index contributed by atoms with van der Waals surface area (Å²) in [7, 11) is 0. The number of hydrogen-bond acceptors (Lipinski definition) is 4. The van der Waals surface area contributed by atoms with Gasteiger partial charge in [0.25, 0.3) is 5.91 Å². The van der Waals surface area contributed by atoms with Gasteiger partial charge in [0, 0.05) is 49.2 Å². The lowest BCUT2D eigenvalue weighted by Gasteiger charge is -2.22. The third-order valence-corrected chi connectivity index (χ3v) is 5.54. The summed E-state index contributed by atoms with van der Waals surface area (Å²) in [6.07, 6.45) is 0.897. The lowest BCUT2D eigenvalue weighted by molar-refractivity contribution is 0.0763. The van der Waals surface area contributed by atoms with E-state index in [1.807, 2.05) is 30.9 Å². The van der Waals surface area contributed by atoms with E-state index in [-0.39, 0.29) is 11.7 Å². The quantitative estimate of drug-likeness (QED) is 0.690. The Morgan fingerprint density at radius 2 is 1.86 bits per heavy atom. The number of nitrogens with zero attached hydrogens (tertiary/aromatic N) is 3. The van der Waals surface area contributed by atoms with Crippen LogP contribution in [0.4, 0.5) is 4.39 Å². The van der Waals surface area contributed by atoms with Crippen LogP contribution >= 0.6 is 0 Å². The number of halogens is 1. The number of benzene rings is 2. The summed E-state index contributed by atoms with van der Waals surface area (Å²) >= 11 is 0. The van der Waals surface area contributed by atoms with Crippen molar-refractivity contribution in [3.05, 3.63) is 64.8 Å². The zero-order valence-electron chi connectivity index (χ0n) is 16.2. The Balaban J connectivity index is 1.50. The fourth-order valence-electron chi connectivity index (χ4n) is 3.90. The molecular weight excluding hydrogens is 357 g/mol. The van der Waals surface area contributed by atoms with Crippen LogP contribution in [0.15, 0.2) is 40.9 Å². The largest absolute Gasteiger partial charge is 0.361 e. The third kappa shape index (κ3) is 3.52. The Morgan fingerprint density at radius 3 is 2.61 bits per heavy atom. The second-order valence-corrected chi connectivity index (χ2v) is 7.37. The fourth-order valence-corrected chi connectivity index (χ4v) is 3.90. The van der Waals surface area contributed by atoms with Crippen molar-refractivity contribution in [2.24, 2.45) is 0 Å². The summed E-state index contributed by atoms with van der Waals surface area (Å²) in [4.78, 5) is 17.4. The van der Waals surface area contributed by atoms with E-state index in [0.29, 0.717) is 29.4 Å².